The molecule has 1 aliphatic rings. The van der Waals surface area contributed by atoms with E-state index in [0.717, 1.165) is 42.9 Å². The van der Waals surface area contributed by atoms with Crippen LogP contribution in [0.3, 0.4) is 0 Å². The monoisotopic (exact) mass is 353 g/mol. The molecule has 132 valence electrons. The zero-order chi connectivity index (χ0) is 17.7. The fourth-order valence-corrected chi connectivity index (χ4v) is 4.21. The number of nitrogens with zero attached hydrogens (tertiary/aromatic N) is 2. The largest absolute Gasteiger partial charge is 0.483 e. The maximum Gasteiger partial charge on any atom is 0.290 e. The van der Waals surface area contributed by atoms with E-state index in [1.165, 1.54) is 11.8 Å². The molecule has 2 N–H and O–H groups in total. The number of fused-ring (bicyclic) bond motifs is 1. The SMILES string of the molecule is Cc1ccc2nc(CN3CCC(CS(C)(=O)=O)C3)[nH]c2c1.O=CO. The van der Waals surface area contributed by atoms with Gasteiger partial charge in [-0.1, -0.05) is 6.07 Å². The second-order valence-electron chi connectivity index (χ2n) is 6.29. The van der Waals surface area contributed by atoms with Gasteiger partial charge in [0, 0.05) is 12.8 Å². The summed E-state index contributed by atoms with van der Waals surface area (Å²) in [6.07, 6.45) is 2.27. The number of H-pyrrole nitrogens is 1. The second kappa shape index (κ2) is 7.76. The topological polar surface area (TPSA) is 103 Å². The Morgan fingerprint density at radius 3 is 2.83 bits per heavy atom. The predicted octanol–water partition coefficient (Wildman–Crippen LogP) is 1.44. The summed E-state index contributed by atoms with van der Waals surface area (Å²) in [5.41, 5.74) is 3.27. The van der Waals surface area contributed by atoms with E-state index < -0.39 is 9.84 Å². The Morgan fingerprint density at radius 2 is 2.17 bits per heavy atom. The standard InChI is InChI=1S/C15H21N3O2S.CH2O2/c1-11-3-4-13-14(7-11)17-15(16-13)9-18-6-5-12(8-18)10-21(2,19)20;2-1-3/h3-4,7,12H,5-6,8-10H2,1-2H3,(H,16,17);1H,(H,2,3). The van der Waals surface area contributed by atoms with Crippen molar-refractivity contribution in [2.24, 2.45) is 5.92 Å². The van der Waals surface area contributed by atoms with Gasteiger partial charge in [0.15, 0.2) is 0 Å². The van der Waals surface area contributed by atoms with Gasteiger partial charge >= 0.3 is 0 Å². The minimum absolute atomic E-state index is 0.250. The Hall–Kier alpha value is -1.93. The summed E-state index contributed by atoms with van der Waals surface area (Å²) in [6.45, 7) is 4.35. The molecule has 24 heavy (non-hydrogen) atoms. The smallest absolute Gasteiger partial charge is 0.290 e. The van der Waals surface area contributed by atoms with Crippen LogP contribution in [0.15, 0.2) is 18.2 Å². The molecule has 0 saturated carbocycles. The van der Waals surface area contributed by atoms with Crippen LogP contribution in [0.25, 0.3) is 11.0 Å². The number of carboxylic acid groups (broad SMARTS) is 1. The number of likely N-dealkylation sites (tertiary alicyclic amines) is 1. The summed E-state index contributed by atoms with van der Waals surface area (Å²) in [7, 11) is -2.88. The number of aryl methyl sites for hydroxylation is 1. The van der Waals surface area contributed by atoms with E-state index in [-0.39, 0.29) is 12.4 Å². The van der Waals surface area contributed by atoms with Gasteiger partial charge in [-0.25, -0.2) is 13.4 Å². The van der Waals surface area contributed by atoms with Gasteiger partial charge in [-0.2, -0.15) is 0 Å². The lowest BCUT2D eigenvalue weighted by atomic mass is 10.2. The average Bonchev–Trinajstić information content (AvgIpc) is 3.04. The van der Waals surface area contributed by atoms with Gasteiger partial charge < -0.3 is 10.1 Å². The van der Waals surface area contributed by atoms with Crippen molar-refractivity contribution < 1.29 is 18.3 Å². The summed E-state index contributed by atoms with van der Waals surface area (Å²) in [4.78, 5) is 18.6. The quantitative estimate of drug-likeness (QED) is 0.806. The molecule has 1 aromatic carbocycles. The lowest BCUT2D eigenvalue weighted by Gasteiger charge is -2.13. The third-order valence-corrected chi connectivity index (χ3v) is 5.05. The molecule has 8 heteroatoms. The van der Waals surface area contributed by atoms with Crippen molar-refractivity contribution in [3.05, 3.63) is 29.6 Å². The Bertz CT molecular complexity index is 801. The van der Waals surface area contributed by atoms with Crippen molar-refractivity contribution in [3.8, 4) is 0 Å². The Morgan fingerprint density at radius 1 is 1.46 bits per heavy atom. The van der Waals surface area contributed by atoms with Gasteiger partial charge in [0.1, 0.15) is 15.7 Å². The van der Waals surface area contributed by atoms with Gasteiger partial charge in [-0.05, 0) is 43.5 Å². The Balaban J connectivity index is 0.000000647. The minimum Gasteiger partial charge on any atom is -0.483 e. The van der Waals surface area contributed by atoms with Crippen molar-refractivity contribution in [2.45, 2.75) is 19.9 Å². The number of nitrogens with one attached hydrogen (secondary N) is 1. The number of imidazole rings is 1. The van der Waals surface area contributed by atoms with Gasteiger partial charge in [0.25, 0.3) is 6.47 Å². The third-order valence-electron chi connectivity index (χ3n) is 3.97. The molecule has 1 aliphatic heterocycles. The number of aromatic amines is 1. The van der Waals surface area contributed by atoms with E-state index in [2.05, 4.69) is 33.9 Å². The van der Waals surface area contributed by atoms with Gasteiger partial charge in [-0.3, -0.25) is 9.69 Å². The van der Waals surface area contributed by atoms with Crippen LogP contribution in [-0.4, -0.2) is 60.0 Å². The molecule has 0 bridgehead atoms. The summed E-state index contributed by atoms with van der Waals surface area (Å²) >= 11 is 0. The minimum atomic E-state index is -2.88. The average molecular weight is 353 g/mol. The molecular weight excluding hydrogens is 330 g/mol. The molecule has 1 aromatic heterocycles. The number of carbonyl (C=O) groups is 1. The molecular formula is C16H23N3O4S. The van der Waals surface area contributed by atoms with Crippen molar-refractivity contribution in [1.29, 1.82) is 0 Å². The van der Waals surface area contributed by atoms with Crippen LogP contribution >= 0.6 is 0 Å². The molecule has 2 heterocycles. The summed E-state index contributed by atoms with van der Waals surface area (Å²) in [6, 6.07) is 6.19. The third kappa shape index (κ3) is 5.31. The van der Waals surface area contributed by atoms with E-state index in [4.69, 9.17) is 9.90 Å². The van der Waals surface area contributed by atoms with E-state index in [1.54, 1.807) is 0 Å². The van der Waals surface area contributed by atoms with E-state index in [1.807, 2.05) is 6.07 Å². The first-order valence-electron chi connectivity index (χ1n) is 7.74. The summed E-state index contributed by atoms with van der Waals surface area (Å²) in [5.74, 6) is 1.50. The van der Waals surface area contributed by atoms with Crippen molar-refractivity contribution >= 4 is 27.3 Å². The fraction of sp³-hybridized carbons (Fsp3) is 0.500. The summed E-state index contributed by atoms with van der Waals surface area (Å²) < 4.78 is 22.7. The zero-order valence-electron chi connectivity index (χ0n) is 13.9. The highest BCUT2D eigenvalue weighted by molar-refractivity contribution is 7.90. The second-order valence-corrected chi connectivity index (χ2v) is 8.48. The molecule has 1 saturated heterocycles. The first kappa shape index (κ1) is 18.4. The molecule has 1 atom stereocenters. The van der Waals surface area contributed by atoms with Crippen LogP contribution in [0.4, 0.5) is 0 Å². The van der Waals surface area contributed by atoms with Crippen LogP contribution in [0, 0.1) is 12.8 Å². The van der Waals surface area contributed by atoms with Crippen LogP contribution in [0.5, 0.6) is 0 Å². The Kier molecular flexibility index (Phi) is 5.95. The first-order chi connectivity index (χ1) is 11.3. The number of rotatable bonds is 4. The molecule has 1 fully saturated rings. The summed E-state index contributed by atoms with van der Waals surface area (Å²) in [5, 5.41) is 6.89. The lowest BCUT2D eigenvalue weighted by molar-refractivity contribution is -0.122. The first-order valence-corrected chi connectivity index (χ1v) is 9.80. The fourth-order valence-electron chi connectivity index (χ4n) is 3.08. The van der Waals surface area contributed by atoms with E-state index in [0.29, 0.717) is 5.75 Å². The van der Waals surface area contributed by atoms with Gasteiger partial charge in [-0.15, -0.1) is 0 Å². The van der Waals surface area contributed by atoms with Crippen molar-refractivity contribution in [3.63, 3.8) is 0 Å². The number of aromatic nitrogens is 2. The number of hydrogen-bond acceptors (Lipinski definition) is 5. The molecule has 0 amide bonds. The van der Waals surface area contributed by atoms with Crippen LogP contribution in [-0.2, 0) is 21.2 Å². The predicted molar refractivity (Wildman–Crippen MR) is 92.6 cm³/mol. The van der Waals surface area contributed by atoms with Crippen molar-refractivity contribution in [2.75, 3.05) is 25.1 Å². The molecule has 3 rings (SSSR count). The zero-order valence-corrected chi connectivity index (χ0v) is 14.7. The van der Waals surface area contributed by atoms with Crippen molar-refractivity contribution in [1.82, 2.24) is 14.9 Å². The van der Waals surface area contributed by atoms with Crippen LogP contribution in [0.1, 0.15) is 17.8 Å². The maximum atomic E-state index is 11.4. The van der Waals surface area contributed by atoms with E-state index in [9.17, 15) is 8.42 Å². The molecule has 7 nitrogen and oxygen atoms in total. The van der Waals surface area contributed by atoms with Crippen LogP contribution < -0.4 is 0 Å². The highest BCUT2D eigenvalue weighted by Crippen LogP contribution is 2.20. The molecule has 0 spiro atoms. The van der Waals surface area contributed by atoms with Crippen LogP contribution in [0.2, 0.25) is 0 Å². The number of sulfone groups is 1. The molecule has 0 aliphatic carbocycles. The van der Waals surface area contributed by atoms with Gasteiger partial charge in [0.2, 0.25) is 0 Å². The molecule has 0 radical (unpaired) electrons. The number of benzene rings is 1. The lowest BCUT2D eigenvalue weighted by Crippen LogP contribution is -2.23. The number of hydrogen-bond donors (Lipinski definition) is 2. The normalized spacial score (nSPS) is 18.3. The highest BCUT2D eigenvalue weighted by Gasteiger charge is 2.26. The van der Waals surface area contributed by atoms with Gasteiger partial charge in [0.05, 0.1) is 23.3 Å². The highest BCUT2D eigenvalue weighted by atomic mass is 32.2. The Labute approximate surface area is 141 Å². The molecule has 1 unspecified atom stereocenters. The van der Waals surface area contributed by atoms with E-state index >= 15 is 0 Å². The maximum absolute atomic E-state index is 11.4. The molecule has 2 aromatic rings.